The molecule has 1 aliphatic rings. The SMILES string of the molecule is C=C(CC)CC(CC1CCCCC1)NCCC. The summed E-state index contributed by atoms with van der Waals surface area (Å²) in [5.41, 5.74) is 1.41. The summed E-state index contributed by atoms with van der Waals surface area (Å²) in [6.07, 6.45) is 12.2. The molecule has 1 heteroatoms. The van der Waals surface area contributed by atoms with E-state index in [1.54, 1.807) is 0 Å². The van der Waals surface area contributed by atoms with E-state index < -0.39 is 0 Å². The molecule has 0 aromatic rings. The van der Waals surface area contributed by atoms with Crippen LogP contribution in [0.1, 0.15) is 71.6 Å². The first kappa shape index (κ1) is 14.8. The van der Waals surface area contributed by atoms with Crippen molar-refractivity contribution in [3.8, 4) is 0 Å². The second-order valence-electron chi connectivity index (χ2n) is 5.70. The largest absolute Gasteiger partial charge is 0.314 e. The molecule has 1 nitrogen and oxygen atoms in total. The van der Waals surface area contributed by atoms with Crippen LogP contribution in [0.25, 0.3) is 0 Å². The van der Waals surface area contributed by atoms with E-state index in [2.05, 4.69) is 25.7 Å². The normalized spacial score (nSPS) is 19.2. The molecule has 1 aliphatic carbocycles. The Hall–Kier alpha value is -0.300. The predicted octanol–water partition coefficient (Wildman–Crippen LogP) is 4.68. The van der Waals surface area contributed by atoms with Gasteiger partial charge in [0.05, 0.1) is 0 Å². The molecule has 1 rings (SSSR count). The zero-order chi connectivity index (χ0) is 12.5. The summed E-state index contributed by atoms with van der Waals surface area (Å²) in [5, 5.41) is 3.72. The molecule has 0 amide bonds. The van der Waals surface area contributed by atoms with Gasteiger partial charge in [-0.1, -0.05) is 58.1 Å². The van der Waals surface area contributed by atoms with Crippen LogP contribution < -0.4 is 5.32 Å². The highest BCUT2D eigenvalue weighted by Crippen LogP contribution is 2.28. The highest BCUT2D eigenvalue weighted by molar-refractivity contribution is 4.97. The minimum absolute atomic E-state index is 0.686. The fraction of sp³-hybridized carbons (Fsp3) is 0.875. The smallest absolute Gasteiger partial charge is 0.0107 e. The van der Waals surface area contributed by atoms with Gasteiger partial charge in [0.2, 0.25) is 0 Å². The van der Waals surface area contributed by atoms with Crippen molar-refractivity contribution < 1.29 is 0 Å². The molecule has 0 radical (unpaired) electrons. The Morgan fingerprint density at radius 2 is 1.94 bits per heavy atom. The van der Waals surface area contributed by atoms with Crippen LogP contribution in [0.4, 0.5) is 0 Å². The van der Waals surface area contributed by atoms with Crippen molar-refractivity contribution >= 4 is 0 Å². The van der Waals surface area contributed by atoms with Crippen molar-refractivity contribution in [3.05, 3.63) is 12.2 Å². The van der Waals surface area contributed by atoms with Crippen LogP contribution in [0.2, 0.25) is 0 Å². The molecular weight excluding hydrogens is 206 g/mol. The van der Waals surface area contributed by atoms with E-state index in [-0.39, 0.29) is 0 Å². The average Bonchev–Trinajstić information content (AvgIpc) is 2.37. The summed E-state index contributed by atoms with van der Waals surface area (Å²) in [7, 11) is 0. The molecule has 1 N–H and O–H groups in total. The van der Waals surface area contributed by atoms with Gasteiger partial charge < -0.3 is 5.32 Å². The average molecular weight is 237 g/mol. The van der Waals surface area contributed by atoms with E-state index in [9.17, 15) is 0 Å². The summed E-state index contributed by atoms with van der Waals surface area (Å²) in [4.78, 5) is 0. The second-order valence-corrected chi connectivity index (χ2v) is 5.70. The Morgan fingerprint density at radius 1 is 1.24 bits per heavy atom. The molecule has 0 spiro atoms. The Balaban J connectivity index is 2.34. The molecular formula is C16H31N. The van der Waals surface area contributed by atoms with Crippen molar-refractivity contribution in [1.82, 2.24) is 5.32 Å². The van der Waals surface area contributed by atoms with Crippen LogP contribution >= 0.6 is 0 Å². The Kier molecular flexibility index (Phi) is 7.59. The Morgan fingerprint density at radius 3 is 2.53 bits per heavy atom. The second kappa shape index (κ2) is 8.74. The van der Waals surface area contributed by atoms with Crippen LogP contribution in [-0.4, -0.2) is 12.6 Å². The lowest BCUT2D eigenvalue weighted by atomic mass is 9.83. The summed E-state index contributed by atoms with van der Waals surface area (Å²) in [5.74, 6) is 0.975. The van der Waals surface area contributed by atoms with Gasteiger partial charge in [0, 0.05) is 6.04 Å². The molecule has 0 bridgehead atoms. The fourth-order valence-electron chi connectivity index (χ4n) is 2.91. The van der Waals surface area contributed by atoms with Crippen molar-refractivity contribution in [2.24, 2.45) is 5.92 Å². The third kappa shape index (κ3) is 6.26. The maximum Gasteiger partial charge on any atom is 0.0107 e. The summed E-state index contributed by atoms with van der Waals surface area (Å²) < 4.78 is 0. The van der Waals surface area contributed by atoms with Gasteiger partial charge >= 0.3 is 0 Å². The monoisotopic (exact) mass is 237 g/mol. The molecule has 17 heavy (non-hydrogen) atoms. The quantitative estimate of drug-likeness (QED) is 0.604. The molecule has 100 valence electrons. The maximum absolute atomic E-state index is 4.17. The van der Waals surface area contributed by atoms with Gasteiger partial charge in [0.25, 0.3) is 0 Å². The van der Waals surface area contributed by atoms with Gasteiger partial charge in [-0.3, -0.25) is 0 Å². The van der Waals surface area contributed by atoms with Crippen molar-refractivity contribution in [1.29, 1.82) is 0 Å². The van der Waals surface area contributed by atoms with Gasteiger partial charge in [0.15, 0.2) is 0 Å². The molecule has 1 fully saturated rings. The fourth-order valence-corrected chi connectivity index (χ4v) is 2.91. The van der Waals surface area contributed by atoms with E-state index in [4.69, 9.17) is 0 Å². The first-order chi connectivity index (χ1) is 8.26. The third-order valence-corrected chi connectivity index (χ3v) is 4.06. The van der Waals surface area contributed by atoms with Crippen molar-refractivity contribution in [2.45, 2.75) is 77.7 Å². The molecule has 0 heterocycles. The van der Waals surface area contributed by atoms with E-state index in [0.717, 1.165) is 18.9 Å². The summed E-state index contributed by atoms with van der Waals surface area (Å²) in [6, 6.07) is 0.686. The highest BCUT2D eigenvalue weighted by atomic mass is 14.9. The van der Waals surface area contributed by atoms with Gasteiger partial charge in [0.1, 0.15) is 0 Å². The molecule has 1 unspecified atom stereocenters. The van der Waals surface area contributed by atoms with Gasteiger partial charge in [-0.05, 0) is 38.1 Å². The molecule has 0 aromatic carbocycles. The minimum atomic E-state index is 0.686. The topological polar surface area (TPSA) is 12.0 Å². The zero-order valence-electron chi connectivity index (χ0n) is 11.9. The lowest BCUT2D eigenvalue weighted by Crippen LogP contribution is -2.32. The van der Waals surface area contributed by atoms with Crippen LogP contribution in [0, 0.1) is 5.92 Å². The summed E-state index contributed by atoms with van der Waals surface area (Å²) in [6.45, 7) is 9.81. The molecule has 0 aromatic heterocycles. The molecule has 0 saturated heterocycles. The molecule has 1 atom stereocenters. The Bertz CT molecular complexity index is 204. The lowest BCUT2D eigenvalue weighted by Gasteiger charge is -2.27. The Labute approximate surface area is 108 Å². The third-order valence-electron chi connectivity index (χ3n) is 4.06. The number of nitrogens with one attached hydrogen (secondary N) is 1. The van der Waals surface area contributed by atoms with Gasteiger partial charge in [-0.2, -0.15) is 0 Å². The molecule has 0 aliphatic heterocycles. The molecule has 1 saturated carbocycles. The summed E-state index contributed by atoms with van der Waals surface area (Å²) >= 11 is 0. The number of rotatable bonds is 8. The van der Waals surface area contributed by atoms with E-state index in [1.807, 2.05) is 0 Å². The number of hydrogen-bond acceptors (Lipinski definition) is 1. The van der Waals surface area contributed by atoms with Crippen molar-refractivity contribution in [3.63, 3.8) is 0 Å². The standard InChI is InChI=1S/C16H31N/c1-4-11-17-16(12-14(3)5-2)13-15-9-7-6-8-10-15/h15-17H,3-13H2,1-2H3. The van der Waals surface area contributed by atoms with Gasteiger partial charge in [-0.15, -0.1) is 0 Å². The highest BCUT2D eigenvalue weighted by Gasteiger charge is 2.18. The van der Waals surface area contributed by atoms with Crippen LogP contribution in [0.5, 0.6) is 0 Å². The van der Waals surface area contributed by atoms with Crippen LogP contribution in [0.3, 0.4) is 0 Å². The van der Waals surface area contributed by atoms with E-state index >= 15 is 0 Å². The predicted molar refractivity (Wildman–Crippen MR) is 77.3 cm³/mol. The van der Waals surface area contributed by atoms with Crippen LogP contribution in [0.15, 0.2) is 12.2 Å². The lowest BCUT2D eigenvalue weighted by molar-refractivity contribution is 0.296. The number of hydrogen-bond donors (Lipinski definition) is 1. The first-order valence-corrected chi connectivity index (χ1v) is 7.66. The van der Waals surface area contributed by atoms with Crippen LogP contribution in [-0.2, 0) is 0 Å². The van der Waals surface area contributed by atoms with E-state index in [0.29, 0.717) is 6.04 Å². The van der Waals surface area contributed by atoms with Crippen molar-refractivity contribution in [2.75, 3.05) is 6.54 Å². The van der Waals surface area contributed by atoms with E-state index in [1.165, 1.54) is 56.9 Å². The minimum Gasteiger partial charge on any atom is -0.314 e. The van der Waals surface area contributed by atoms with Gasteiger partial charge in [-0.25, -0.2) is 0 Å². The maximum atomic E-state index is 4.17. The first-order valence-electron chi connectivity index (χ1n) is 7.66. The zero-order valence-corrected chi connectivity index (χ0v) is 11.9.